The van der Waals surface area contributed by atoms with Crippen LogP contribution >= 0.6 is 0 Å². The molecule has 0 aliphatic carbocycles. The second-order valence-electron chi connectivity index (χ2n) is 9.15. The Bertz CT molecular complexity index is 1300. The number of ether oxygens (including phenoxy) is 1. The number of nitrogens with zero attached hydrogens (tertiary/aromatic N) is 2. The molecule has 1 N–H and O–H groups in total. The first-order chi connectivity index (χ1) is 18.1. The fourth-order valence-electron chi connectivity index (χ4n) is 4.43. The van der Waals surface area contributed by atoms with E-state index in [1.807, 2.05) is 78.9 Å². The maximum absolute atomic E-state index is 14.0. The highest BCUT2D eigenvalue weighted by molar-refractivity contribution is 6.04. The molecule has 1 heterocycles. The van der Waals surface area contributed by atoms with Crippen molar-refractivity contribution < 1.29 is 13.9 Å². The number of anilines is 2. The van der Waals surface area contributed by atoms with Crippen molar-refractivity contribution in [2.45, 2.75) is 13.2 Å². The molecule has 1 aliphatic rings. The zero-order chi connectivity index (χ0) is 25.5. The molecule has 6 heteroatoms. The standard InChI is InChI=1S/C31H30FN3O2/c32-30-9-5-4-8-26(30)22-34-18-20-35(21-19-34)28-14-12-27(13-15-28)33-31(36)25-10-16-29(17-11-25)37-23-24-6-2-1-3-7-24/h1-17H,18-23H2,(H,33,36). The Morgan fingerprint density at radius 1 is 0.784 bits per heavy atom. The molecule has 0 aromatic heterocycles. The average molecular weight is 496 g/mol. The molecule has 0 radical (unpaired) electrons. The summed E-state index contributed by atoms with van der Waals surface area (Å²) in [4.78, 5) is 17.3. The maximum atomic E-state index is 14.0. The van der Waals surface area contributed by atoms with Gasteiger partial charge in [-0.3, -0.25) is 9.69 Å². The minimum absolute atomic E-state index is 0.144. The Balaban J connectivity index is 1.10. The van der Waals surface area contributed by atoms with Gasteiger partial charge in [-0.15, -0.1) is 0 Å². The highest BCUT2D eigenvalue weighted by Gasteiger charge is 2.18. The number of hydrogen-bond donors (Lipinski definition) is 1. The number of hydrogen-bond acceptors (Lipinski definition) is 4. The minimum atomic E-state index is -0.163. The van der Waals surface area contributed by atoms with E-state index in [9.17, 15) is 9.18 Å². The monoisotopic (exact) mass is 495 g/mol. The van der Waals surface area contributed by atoms with Crippen molar-refractivity contribution in [3.63, 3.8) is 0 Å². The molecular formula is C31H30FN3O2. The van der Waals surface area contributed by atoms with Crippen LogP contribution < -0.4 is 15.0 Å². The molecule has 1 fully saturated rings. The molecule has 0 saturated carbocycles. The predicted octanol–water partition coefficient (Wildman–Crippen LogP) is 5.98. The predicted molar refractivity (Wildman–Crippen MR) is 146 cm³/mol. The molecule has 37 heavy (non-hydrogen) atoms. The van der Waals surface area contributed by atoms with Crippen LogP contribution in [0.25, 0.3) is 0 Å². The Hall–Kier alpha value is -4.16. The largest absolute Gasteiger partial charge is 0.489 e. The summed E-state index contributed by atoms with van der Waals surface area (Å²) < 4.78 is 19.8. The Morgan fingerprint density at radius 2 is 1.46 bits per heavy atom. The minimum Gasteiger partial charge on any atom is -0.489 e. The zero-order valence-corrected chi connectivity index (χ0v) is 20.6. The Morgan fingerprint density at radius 3 is 2.16 bits per heavy atom. The summed E-state index contributed by atoms with van der Waals surface area (Å²) in [6, 6.07) is 32.0. The van der Waals surface area contributed by atoms with Crippen LogP contribution in [0.1, 0.15) is 21.5 Å². The molecule has 0 bridgehead atoms. The molecule has 0 unspecified atom stereocenters. The first-order valence-corrected chi connectivity index (χ1v) is 12.5. The van der Waals surface area contributed by atoms with E-state index in [0.717, 1.165) is 54.4 Å². The lowest BCUT2D eigenvalue weighted by Gasteiger charge is -2.36. The van der Waals surface area contributed by atoms with Crippen LogP contribution in [0.5, 0.6) is 5.75 Å². The zero-order valence-electron chi connectivity index (χ0n) is 20.6. The van der Waals surface area contributed by atoms with E-state index in [4.69, 9.17) is 4.74 Å². The van der Waals surface area contributed by atoms with E-state index in [-0.39, 0.29) is 11.7 Å². The highest BCUT2D eigenvalue weighted by atomic mass is 19.1. The van der Waals surface area contributed by atoms with Crippen LogP contribution in [0.3, 0.4) is 0 Å². The van der Waals surface area contributed by atoms with E-state index in [2.05, 4.69) is 15.1 Å². The van der Waals surface area contributed by atoms with Gasteiger partial charge in [0.05, 0.1) is 0 Å². The summed E-state index contributed by atoms with van der Waals surface area (Å²) in [5.41, 5.74) is 4.27. The van der Waals surface area contributed by atoms with Crippen molar-refractivity contribution >= 4 is 17.3 Å². The van der Waals surface area contributed by atoms with Gasteiger partial charge in [-0.2, -0.15) is 0 Å². The molecular weight excluding hydrogens is 465 g/mol. The number of amides is 1. The molecule has 5 nitrogen and oxygen atoms in total. The first-order valence-electron chi connectivity index (χ1n) is 12.5. The molecule has 0 spiro atoms. The van der Waals surface area contributed by atoms with Crippen molar-refractivity contribution in [2.75, 3.05) is 36.4 Å². The Labute approximate surface area is 217 Å². The lowest BCUT2D eigenvalue weighted by atomic mass is 10.1. The third kappa shape index (κ3) is 6.54. The summed E-state index contributed by atoms with van der Waals surface area (Å²) in [6.45, 7) is 4.61. The number of halogens is 1. The highest BCUT2D eigenvalue weighted by Crippen LogP contribution is 2.22. The van der Waals surface area contributed by atoms with Gasteiger partial charge >= 0.3 is 0 Å². The molecule has 4 aromatic carbocycles. The van der Waals surface area contributed by atoms with Crippen molar-refractivity contribution in [3.8, 4) is 5.75 Å². The smallest absolute Gasteiger partial charge is 0.255 e. The van der Waals surface area contributed by atoms with Gasteiger partial charge in [-0.05, 0) is 60.2 Å². The number of benzene rings is 4. The first kappa shape index (κ1) is 24.5. The van der Waals surface area contributed by atoms with Crippen molar-refractivity contribution in [3.05, 3.63) is 126 Å². The summed E-state index contributed by atoms with van der Waals surface area (Å²) in [5.74, 6) is 0.415. The molecule has 188 valence electrons. The third-order valence-electron chi connectivity index (χ3n) is 6.58. The lowest BCUT2D eigenvalue weighted by Crippen LogP contribution is -2.46. The molecule has 1 saturated heterocycles. The van der Waals surface area contributed by atoms with E-state index in [0.29, 0.717) is 18.7 Å². The van der Waals surface area contributed by atoms with Gasteiger partial charge < -0.3 is 15.0 Å². The fraction of sp³-hybridized carbons (Fsp3) is 0.194. The van der Waals surface area contributed by atoms with Gasteiger partial charge in [-0.1, -0.05) is 48.5 Å². The van der Waals surface area contributed by atoms with Gasteiger partial charge in [0.2, 0.25) is 0 Å². The molecule has 1 aliphatic heterocycles. The van der Waals surface area contributed by atoms with E-state index >= 15 is 0 Å². The van der Waals surface area contributed by atoms with Crippen molar-refractivity contribution in [2.24, 2.45) is 0 Å². The van der Waals surface area contributed by atoms with E-state index in [1.54, 1.807) is 18.2 Å². The SMILES string of the molecule is O=C(Nc1ccc(N2CCN(Cc3ccccc3F)CC2)cc1)c1ccc(OCc2ccccc2)cc1. The number of nitrogens with one attached hydrogen (secondary N) is 1. The third-order valence-corrected chi connectivity index (χ3v) is 6.58. The van der Waals surface area contributed by atoms with Gasteiger partial charge in [0.1, 0.15) is 18.2 Å². The van der Waals surface area contributed by atoms with Crippen LogP contribution in [-0.4, -0.2) is 37.0 Å². The number of rotatable bonds is 8. The van der Waals surface area contributed by atoms with Crippen LogP contribution in [0.4, 0.5) is 15.8 Å². The second kappa shape index (κ2) is 11.7. The van der Waals surface area contributed by atoms with Gasteiger partial charge in [-0.25, -0.2) is 4.39 Å². The second-order valence-corrected chi connectivity index (χ2v) is 9.15. The van der Waals surface area contributed by atoms with Crippen LogP contribution in [0, 0.1) is 5.82 Å². The molecule has 4 aromatic rings. The van der Waals surface area contributed by atoms with Gasteiger partial charge in [0.15, 0.2) is 0 Å². The van der Waals surface area contributed by atoms with Crippen molar-refractivity contribution in [1.29, 1.82) is 0 Å². The van der Waals surface area contributed by atoms with Crippen LogP contribution in [0.2, 0.25) is 0 Å². The van der Waals surface area contributed by atoms with Gasteiger partial charge in [0.25, 0.3) is 5.91 Å². The summed E-state index contributed by atoms with van der Waals surface area (Å²) in [5, 5.41) is 2.96. The topological polar surface area (TPSA) is 44.8 Å². The Kier molecular flexibility index (Phi) is 7.77. The van der Waals surface area contributed by atoms with E-state index < -0.39 is 0 Å². The van der Waals surface area contributed by atoms with Gasteiger partial charge in [0, 0.05) is 55.2 Å². The molecule has 0 atom stereocenters. The molecule has 1 amide bonds. The number of carbonyl (C=O) groups excluding carboxylic acids is 1. The quantitative estimate of drug-likeness (QED) is 0.327. The summed E-state index contributed by atoms with van der Waals surface area (Å²) in [7, 11) is 0. The fourth-order valence-corrected chi connectivity index (χ4v) is 4.43. The summed E-state index contributed by atoms with van der Waals surface area (Å²) in [6.07, 6.45) is 0. The lowest BCUT2D eigenvalue weighted by molar-refractivity contribution is 0.102. The van der Waals surface area contributed by atoms with Crippen LogP contribution in [-0.2, 0) is 13.2 Å². The van der Waals surface area contributed by atoms with Crippen LogP contribution in [0.15, 0.2) is 103 Å². The number of piperazine rings is 1. The maximum Gasteiger partial charge on any atom is 0.255 e. The van der Waals surface area contributed by atoms with Crippen molar-refractivity contribution in [1.82, 2.24) is 4.90 Å². The molecule has 5 rings (SSSR count). The number of carbonyl (C=O) groups is 1. The average Bonchev–Trinajstić information content (AvgIpc) is 2.95. The summed E-state index contributed by atoms with van der Waals surface area (Å²) >= 11 is 0. The normalized spacial score (nSPS) is 13.8. The van der Waals surface area contributed by atoms with E-state index in [1.165, 1.54) is 6.07 Å².